The Morgan fingerprint density at radius 3 is 3.10 bits per heavy atom. The highest BCUT2D eigenvalue weighted by Gasteiger charge is 2.56. The summed E-state index contributed by atoms with van der Waals surface area (Å²) in [7, 11) is 0. The summed E-state index contributed by atoms with van der Waals surface area (Å²) in [6, 6.07) is 10.4. The number of aryl methyl sites for hydroxylation is 1. The fourth-order valence-electron chi connectivity index (χ4n) is 3.61. The lowest BCUT2D eigenvalue weighted by molar-refractivity contribution is -0.122. The predicted octanol–water partition coefficient (Wildman–Crippen LogP) is 2.00. The first-order valence-corrected chi connectivity index (χ1v) is 7.18. The molecule has 4 rings (SSSR count). The van der Waals surface area contributed by atoms with Gasteiger partial charge in [-0.1, -0.05) is 24.3 Å². The van der Waals surface area contributed by atoms with Crippen LogP contribution in [0.4, 0.5) is 0 Å². The summed E-state index contributed by atoms with van der Waals surface area (Å²) in [5.74, 6) is 1.35. The molecule has 1 saturated carbocycles. The number of hydrogen-bond donors (Lipinski definition) is 2. The Bertz CT molecular complexity index is 635. The first kappa shape index (κ1) is 11.7. The average molecular weight is 267 g/mol. The highest BCUT2D eigenvalue weighted by atomic mass is 16.2. The number of amides is 1. The van der Waals surface area contributed by atoms with Crippen molar-refractivity contribution in [3.05, 3.63) is 53.3 Å². The molecule has 2 aliphatic rings. The lowest BCUT2D eigenvalue weighted by Gasteiger charge is -2.13. The van der Waals surface area contributed by atoms with E-state index >= 15 is 0 Å². The predicted molar refractivity (Wildman–Crippen MR) is 74.9 cm³/mol. The molecule has 4 nitrogen and oxygen atoms in total. The van der Waals surface area contributed by atoms with E-state index in [0.29, 0.717) is 18.4 Å². The number of carbonyl (C=O) groups is 1. The molecule has 3 unspecified atom stereocenters. The number of benzene rings is 1. The Hall–Kier alpha value is -2.10. The first-order chi connectivity index (χ1) is 9.84. The smallest absolute Gasteiger partial charge is 0.224 e. The third kappa shape index (κ3) is 1.83. The van der Waals surface area contributed by atoms with Gasteiger partial charge < -0.3 is 5.32 Å². The summed E-state index contributed by atoms with van der Waals surface area (Å²) in [6.45, 7) is 0.538. The van der Waals surface area contributed by atoms with E-state index in [2.05, 4.69) is 39.8 Å². The molecule has 3 atom stereocenters. The second-order valence-electron chi connectivity index (χ2n) is 5.75. The molecular weight excluding hydrogens is 250 g/mol. The topological polar surface area (TPSA) is 57.8 Å². The summed E-state index contributed by atoms with van der Waals surface area (Å²) in [4.78, 5) is 12.3. The van der Waals surface area contributed by atoms with E-state index in [0.717, 1.165) is 18.5 Å². The molecule has 102 valence electrons. The number of rotatable bonds is 3. The van der Waals surface area contributed by atoms with Crippen molar-refractivity contribution in [2.75, 3.05) is 0 Å². The highest BCUT2D eigenvalue weighted by Crippen LogP contribution is 2.59. The number of nitrogens with one attached hydrogen (secondary N) is 2. The Morgan fingerprint density at radius 1 is 1.35 bits per heavy atom. The molecule has 20 heavy (non-hydrogen) atoms. The van der Waals surface area contributed by atoms with Crippen molar-refractivity contribution in [2.24, 2.45) is 11.8 Å². The molecule has 4 heteroatoms. The fourth-order valence-corrected chi connectivity index (χ4v) is 3.61. The van der Waals surface area contributed by atoms with E-state index < -0.39 is 0 Å². The van der Waals surface area contributed by atoms with E-state index in [9.17, 15) is 4.79 Å². The molecule has 2 aliphatic carbocycles. The van der Waals surface area contributed by atoms with Crippen LogP contribution in [0.5, 0.6) is 0 Å². The van der Waals surface area contributed by atoms with Crippen LogP contribution in [-0.4, -0.2) is 16.1 Å². The molecule has 1 heterocycles. The lowest BCUT2D eigenvalue weighted by atomic mass is 9.92. The first-order valence-electron chi connectivity index (χ1n) is 7.18. The molecule has 2 aromatic rings. The van der Waals surface area contributed by atoms with Crippen molar-refractivity contribution < 1.29 is 4.79 Å². The van der Waals surface area contributed by atoms with E-state index in [1.807, 2.05) is 6.07 Å². The SMILES string of the molecule is O=C(NCc1ccn[nH]1)C1C2CCc3ccccc3C21. The Balaban J connectivity index is 1.45. The maximum atomic E-state index is 12.3. The Kier molecular flexibility index (Phi) is 2.62. The van der Waals surface area contributed by atoms with Crippen LogP contribution in [0, 0.1) is 11.8 Å². The average Bonchev–Trinajstić information content (AvgIpc) is 3.00. The molecule has 0 radical (unpaired) electrons. The molecule has 0 bridgehead atoms. The molecule has 1 aromatic carbocycles. The number of hydrogen-bond acceptors (Lipinski definition) is 2. The van der Waals surface area contributed by atoms with Gasteiger partial charge in [0, 0.05) is 12.1 Å². The minimum atomic E-state index is 0.168. The van der Waals surface area contributed by atoms with E-state index in [4.69, 9.17) is 0 Å². The summed E-state index contributed by atoms with van der Waals surface area (Å²) in [6.07, 6.45) is 3.96. The molecule has 2 N–H and O–H groups in total. The third-order valence-corrected chi connectivity index (χ3v) is 4.64. The number of fused-ring (bicyclic) bond motifs is 3. The number of H-pyrrole nitrogens is 1. The molecule has 1 fully saturated rings. The number of nitrogens with zero attached hydrogens (tertiary/aromatic N) is 1. The van der Waals surface area contributed by atoms with Gasteiger partial charge in [0.25, 0.3) is 0 Å². The van der Waals surface area contributed by atoms with Gasteiger partial charge in [0.2, 0.25) is 5.91 Å². The molecule has 1 aromatic heterocycles. The zero-order chi connectivity index (χ0) is 13.5. The second kappa shape index (κ2) is 4.47. The zero-order valence-electron chi connectivity index (χ0n) is 11.2. The maximum Gasteiger partial charge on any atom is 0.224 e. The van der Waals surface area contributed by atoms with Crippen LogP contribution in [-0.2, 0) is 17.8 Å². The summed E-state index contributed by atoms with van der Waals surface area (Å²) < 4.78 is 0. The number of aromatic nitrogens is 2. The van der Waals surface area contributed by atoms with E-state index in [-0.39, 0.29) is 11.8 Å². The van der Waals surface area contributed by atoms with Crippen molar-refractivity contribution in [1.82, 2.24) is 15.5 Å². The van der Waals surface area contributed by atoms with Gasteiger partial charge in [-0.3, -0.25) is 9.89 Å². The standard InChI is InChI=1S/C16H17N3O/c20-16(17-9-11-7-8-18-19-11)15-13-6-5-10-3-1-2-4-12(10)14(13)15/h1-4,7-8,13-15H,5-6,9H2,(H,17,20)(H,18,19). The van der Waals surface area contributed by atoms with Gasteiger partial charge in [0.05, 0.1) is 12.2 Å². The zero-order valence-corrected chi connectivity index (χ0v) is 11.2. The normalized spacial score (nSPS) is 26.5. The van der Waals surface area contributed by atoms with Gasteiger partial charge >= 0.3 is 0 Å². The number of carbonyl (C=O) groups excluding carboxylic acids is 1. The van der Waals surface area contributed by atoms with Crippen LogP contribution in [0.2, 0.25) is 0 Å². The van der Waals surface area contributed by atoms with Crippen molar-refractivity contribution in [3.63, 3.8) is 0 Å². The summed E-state index contributed by atoms with van der Waals surface area (Å²) >= 11 is 0. The fraction of sp³-hybridized carbons (Fsp3) is 0.375. The van der Waals surface area contributed by atoms with E-state index in [1.165, 1.54) is 11.1 Å². The Morgan fingerprint density at radius 2 is 2.25 bits per heavy atom. The van der Waals surface area contributed by atoms with Crippen LogP contribution in [0.15, 0.2) is 36.5 Å². The largest absolute Gasteiger partial charge is 0.350 e. The third-order valence-electron chi connectivity index (χ3n) is 4.64. The minimum Gasteiger partial charge on any atom is -0.350 e. The minimum absolute atomic E-state index is 0.168. The van der Waals surface area contributed by atoms with Gasteiger partial charge in [0.1, 0.15) is 0 Å². The van der Waals surface area contributed by atoms with Crippen LogP contribution in [0.1, 0.15) is 29.2 Å². The van der Waals surface area contributed by atoms with Crippen LogP contribution in [0.3, 0.4) is 0 Å². The van der Waals surface area contributed by atoms with Crippen molar-refractivity contribution in [3.8, 4) is 0 Å². The summed E-state index contributed by atoms with van der Waals surface area (Å²) in [5, 5.41) is 9.78. The van der Waals surface area contributed by atoms with Gasteiger partial charge in [-0.05, 0) is 41.9 Å². The van der Waals surface area contributed by atoms with Gasteiger partial charge in [0.15, 0.2) is 0 Å². The number of aromatic amines is 1. The molecule has 0 spiro atoms. The van der Waals surface area contributed by atoms with Crippen LogP contribution < -0.4 is 5.32 Å². The second-order valence-corrected chi connectivity index (χ2v) is 5.75. The molecular formula is C16H17N3O. The molecule has 1 amide bonds. The lowest BCUT2D eigenvalue weighted by Crippen LogP contribution is -2.25. The van der Waals surface area contributed by atoms with Gasteiger partial charge in [-0.2, -0.15) is 5.10 Å². The molecule has 0 aliphatic heterocycles. The maximum absolute atomic E-state index is 12.3. The van der Waals surface area contributed by atoms with Crippen molar-refractivity contribution >= 4 is 5.91 Å². The van der Waals surface area contributed by atoms with Crippen LogP contribution in [0.25, 0.3) is 0 Å². The molecule has 0 saturated heterocycles. The summed E-state index contributed by atoms with van der Waals surface area (Å²) in [5.41, 5.74) is 3.77. The van der Waals surface area contributed by atoms with Crippen LogP contribution >= 0.6 is 0 Å². The highest BCUT2D eigenvalue weighted by molar-refractivity contribution is 5.84. The van der Waals surface area contributed by atoms with Crippen molar-refractivity contribution in [1.29, 1.82) is 0 Å². The Labute approximate surface area is 117 Å². The van der Waals surface area contributed by atoms with Crippen molar-refractivity contribution in [2.45, 2.75) is 25.3 Å². The van der Waals surface area contributed by atoms with Gasteiger partial charge in [-0.15, -0.1) is 0 Å². The van der Waals surface area contributed by atoms with E-state index in [1.54, 1.807) is 6.20 Å². The quantitative estimate of drug-likeness (QED) is 0.893. The monoisotopic (exact) mass is 267 g/mol. The van der Waals surface area contributed by atoms with Gasteiger partial charge in [-0.25, -0.2) is 0 Å².